The number of nitrogens with one attached hydrogen (secondary N) is 1. The zero-order chi connectivity index (χ0) is 19.4. The molecular formula is C19H17ClF3NO3. The van der Waals surface area contributed by atoms with E-state index in [0.29, 0.717) is 19.0 Å². The largest absolute Gasteiger partial charge is 0.490 e. The first-order valence-corrected chi connectivity index (χ1v) is 8.74. The molecule has 1 aliphatic heterocycles. The molecule has 4 nitrogen and oxygen atoms in total. The third-order valence-corrected chi connectivity index (χ3v) is 4.44. The van der Waals surface area contributed by atoms with Gasteiger partial charge < -0.3 is 14.8 Å². The first-order valence-electron chi connectivity index (χ1n) is 8.36. The second kappa shape index (κ2) is 8.19. The molecule has 1 saturated heterocycles. The van der Waals surface area contributed by atoms with E-state index in [-0.39, 0.29) is 17.4 Å². The standard InChI is InChI=1S/C19H17ClF3NO3/c20-16-8-7-12(10-15(16)19(21,22)23)24-18(25)14-5-1-2-6-17(14)27-11-13-4-3-9-26-13/h1-2,5-8,10,13H,3-4,9,11H2,(H,24,25)/t13-/m1/s1. The van der Waals surface area contributed by atoms with Gasteiger partial charge in [0.05, 0.1) is 22.3 Å². The molecule has 144 valence electrons. The maximum absolute atomic E-state index is 13.0. The smallest absolute Gasteiger partial charge is 0.417 e. The molecule has 27 heavy (non-hydrogen) atoms. The highest BCUT2D eigenvalue weighted by Crippen LogP contribution is 2.36. The molecule has 1 amide bonds. The van der Waals surface area contributed by atoms with Crippen molar-refractivity contribution in [1.82, 2.24) is 0 Å². The Hall–Kier alpha value is -2.25. The summed E-state index contributed by atoms with van der Waals surface area (Å²) in [5.74, 6) is -0.233. The monoisotopic (exact) mass is 399 g/mol. The fraction of sp³-hybridized carbons (Fsp3) is 0.316. The molecule has 0 bridgehead atoms. The number of ether oxygens (including phenoxy) is 2. The van der Waals surface area contributed by atoms with Gasteiger partial charge in [0.2, 0.25) is 0 Å². The number of anilines is 1. The van der Waals surface area contributed by atoms with Crippen molar-refractivity contribution in [3.8, 4) is 5.75 Å². The van der Waals surface area contributed by atoms with Crippen molar-refractivity contribution >= 4 is 23.2 Å². The highest BCUT2D eigenvalue weighted by molar-refractivity contribution is 6.31. The number of carbonyl (C=O) groups is 1. The average Bonchev–Trinajstić information content (AvgIpc) is 3.14. The lowest BCUT2D eigenvalue weighted by molar-refractivity contribution is -0.137. The van der Waals surface area contributed by atoms with Gasteiger partial charge in [-0.3, -0.25) is 4.79 Å². The van der Waals surface area contributed by atoms with Crippen molar-refractivity contribution in [2.24, 2.45) is 0 Å². The summed E-state index contributed by atoms with van der Waals surface area (Å²) in [6.45, 7) is 0.998. The molecule has 2 aromatic carbocycles. The van der Waals surface area contributed by atoms with E-state index in [1.54, 1.807) is 24.3 Å². The van der Waals surface area contributed by atoms with Crippen LogP contribution in [0.15, 0.2) is 42.5 Å². The summed E-state index contributed by atoms with van der Waals surface area (Å²) in [6, 6.07) is 9.75. The average molecular weight is 400 g/mol. The summed E-state index contributed by atoms with van der Waals surface area (Å²) in [4.78, 5) is 12.5. The summed E-state index contributed by atoms with van der Waals surface area (Å²) in [5, 5.41) is 2.03. The van der Waals surface area contributed by atoms with Gasteiger partial charge in [0, 0.05) is 12.3 Å². The van der Waals surface area contributed by atoms with E-state index in [1.165, 1.54) is 6.07 Å². The molecular weight excluding hydrogens is 383 g/mol. The minimum atomic E-state index is -4.61. The summed E-state index contributed by atoms with van der Waals surface area (Å²) in [7, 11) is 0. The van der Waals surface area contributed by atoms with Crippen molar-refractivity contribution in [2.45, 2.75) is 25.1 Å². The van der Waals surface area contributed by atoms with E-state index in [1.807, 2.05) is 0 Å². The normalized spacial score (nSPS) is 17.0. The fourth-order valence-corrected chi connectivity index (χ4v) is 2.98. The number of para-hydroxylation sites is 1. The summed E-state index contributed by atoms with van der Waals surface area (Å²) in [6.07, 6.45) is -2.78. The van der Waals surface area contributed by atoms with E-state index in [4.69, 9.17) is 21.1 Å². The SMILES string of the molecule is O=C(Nc1ccc(Cl)c(C(F)(F)F)c1)c1ccccc1OC[C@H]1CCCO1. The van der Waals surface area contributed by atoms with Crippen molar-refractivity contribution in [3.63, 3.8) is 0 Å². The van der Waals surface area contributed by atoms with Crippen LogP contribution in [0.2, 0.25) is 5.02 Å². The first-order chi connectivity index (χ1) is 12.8. The van der Waals surface area contributed by atoms with Crippen LogP contribution >= 0.6 is 11.6 Å². The number of rotatable bonds is 5. The molecule has 8 heteroatoms. The lowest BCUT2D eigenvalue weighted by Crippen LogP contribution is -2.19. The van der Waals surface area contributed by atoms with Gasteiger partial charge in [0.25, 0.3) is 5.91 Å². The van der Waals surface area contributed by atoms with Gasteiger partial charge in [-0.25, -0.2) is 0 Å². The molecule has 3 rings (SSSR count). The number of halogens is 4. The van der Waals surface area contributed by atoms with Gasteiger partial charge in [0.1, 0.15) is 12.4 Å². The van der Waals surface area contributed by atoms with Gasteiger partial charge in [-0.2, -0.15) is 13.2 Å². The van der Waals surface area contributed by atoms with Crippen LogP contribution in [0, 0.1) is 0 Å². The zero-order valence-electron chi connectivity index (χ0n) is 14.2. The van der Waals surface area contributed by atoms with E-state index in [9.17, 15) is 18.0 Å². The van der Waals surface area contributed by atoms with Crippen molar-refractivity contribution < 1.29 is 27.4 Å². The first kappa shape index (κ1) is 19.5. The Morgan fingerprint density at radius 1 is 1.26 bits per heavy atom. The molecule has 1 N–H and O–H groups in total. The minimum absolute atomic E-state index is 0.00865. The van der Waals surface area contributed by atoms with Crippen molar-refractivity contribution in [1.29, 1.82) is 0 Å². The van der Waals surface area contributed by atoms with Crippen LogP contribution in [0.5, 0.6) is 5.75 Å². The number of amides is 1. The van der Waals surface area contributed by atoms with E-state index < -0.39 is 22.7 Å². The third-order valence-electron chi connectivity index (χ3n) is 4.11. The molecule has 1 atom stereocenters. The summed E-state index contributed by atoms with van der Waals surface area (Å²) < 4.78 is 50.1. The number of hydrogen-bond acceptors (Lipinski definition) is 3. The maximum atomic E-state index is 13.0. The quantitative estimate of drug-likeness (QED) is 0.754. The second-order valence-corrected chi connectivity index (χ2v) is 6.50. The molecule has 0 spiro atoms. The van der Waals surface area contributed by atoms with Crippen molar-refractivity contribution in [2.75, 3.05) is 18.5 Å². The van der Waals surface area contributed by atoms with Crippen molar-refractivity contribution in [3.05, 3.63) is 58.6 Å². The molecule has 1 aliphatic rings. The Balaban J connectivity index is 1.74. The Labute approximate surface area is 159 Å². The van der Waals surface area contributed by atoms with Crippen LogP contribution in [0.3, 0.4) is 0 Å². The third kappa shape index (κ3) is 4.93. The van der Waals surface area contributed by atoms with Crippen LogP contribution in [0.25, 0.3) is 0 Å². The number of hydrogen-bond donors (Lipinski definition) is 1. The summed E-state index contributed by atoms with van der Waals surface area (Å²) >= 11 is 5.60. The lowest BCUT2D eigenvalue weighted by atomic mass is 10.1. The molecule has 1 heterocycles. The van der Waals surface area contributed by atoms with Crippen LogP contribution in [-0.2, 0) is 10.9 Å². The van der Waals surface area contributed by atoms with Gasteiger partial charge in [-0.05, 0) is 43.2 Å². The zero-order valence-corrected chi connectivity index (χ0v) is 14.9. The molecule has 0 unspecified atom stereocenters. The summed E-state index contributed by atoms with van der Waals surface area (Å²) in [5.41, 5.74) is -0.797. The van der Waals surface area contributed by atoms with E-state index in [2.05, 4.69) is 5.32 Å². The van der Waals surface area contributed by atoms with Gasteiger partial charge in [-0.15, -0.1) is 0 Å². The number of alkyl halides is 3. The number of carbonyl (C=O) groups excluding carboxylic acids is 1. The molecule has 0 aliphatic carbocycles. The van der Waals surface area contributed by atoms with Gasteiger partial charge in [-0.1, -0.05) is 23.7 Å². The maximum Gasteiger partial charge on any atom is 0.417 e. The Bertz CT molecular complexity index is 820. The molecule has 2 aromatic rings. The van der Waals surface area contributed by atoms with Gasteiger partial charge >= 0.3 is 6.18 Å². The van der Waals surface area contributed by atoms with Crippen LogP contribution in [-0.4, -0.2) is 25.2 Å². The highest BCUT2D eigenvalue weighted by Gasteiger charge is 2.33. The Kier molecular flexibility index (Phi) is 5.92. The fourth-order valence-electron chi connectivity index (χ4n) is 2.76. The Morgan fingerprint density at radius 2 is 2.04 bits per heavy atom. The highest BCUT2D eigenvalue weighted by atomic mass is 35.5. The van der Waals surface area contributed by atoms with Gasteiger partial charge in [0.15, 0.2) is 0 Å². The predicted molar refractivity (Wildman–Crippen MR) is 95.3 cm³/mol. The predicted octanol–water partition coefficient (Wildman–Crippen LogP) is 5.17. The Morgan fingerprint density at radius 3 is 2.74 bits per heavy atom. The molecule has 0 radical (unpaired) electrons. The molecule has 0 aromatic heterocycles. The number of benzene rings is 2. The molecule has 1 fully saturated rings. The second-order valence-electron chi connectivity index (χ2n) is 6.09. The molecule has 0 saturated carbocycles. The van der Waals surface area contributed by atoms with Crippen LogP contribution in [0.1, 0.15) is 28.8 Å². The van der Waals surface area contributed by atoms with E-state index >= 15 is 0 Å². The lowest BCUT2D eigenvalue weighted by Gasteiger charge is -2.15. The van der Waals surface area contributed by atoms with Crippen LogP contribution in [0.4, 0.5) is 18.9 Å². The van der Waals surface area contributed by atoms with E-state index in [0.717, 1.165) is 25.0 Å². The van der Waals surface area contributed by atoms with Crippen LogP contribution < -0.4 is 10.1 Å². The minimum Gasteiger partial charge on any atom is -0.490 e. The topological polar surface area (TPSA) is 47.6 Å².